The molecule has 0 aliphatic carbocycles. The van der Waals surface area contributed by atoms with Gasteiger partial charge in [-0.15, -0.1) is 5.10 Å². The second-order valence-corrected chi connectivity index (χ2v) is 7.35. The third kappa shape index (κ3) is 3.69. The maximum atomic E-state index is 12.4. The molecule has 0 bridgehead atoms. The second kappa shape index (κ2) is 7.43. The van der Waals surface area contributed by atoms with Crippen LogP contribution < -0.4 is 10.6 Å². The van der Waals surface area contributed by atoms with Gasteiger partial charge in [0.1, 0.15) is 6.04 Å². The van der Waals surface area contributed by atoms with E-state index in [0.717, 1.165) is 5.56 Å². The molecule has 142 valence electrons. The summed E-state index contributed by atoms with van der Waals surface area (Å²) in [6.45, 7) is 0. The van der Waals surface area contributed by atoms with Gasteiger partial charge in [0.25, 0.3) is 5.91 Å². The molecule has 0 radical (unpaired) electrons. The number of fused-ring (bicyclic) bond motifs is 1. The van der Waals surface area contributed by atoms with E-state index >= 15 is 0 Å². The Morgan fingerprint density at radius 1 is 1.11 bits per heavy atom. The molecule has 3 aromatic rings. The van der Waals surface area contributed by atoms with E-state index in [-0.39, 0.29) is 18.2 Å². The molecule has 0 saturated heterocycles. The minimum Gasteiger partial charge on any atom is -0.326 e. The number of nitrogens with zero attached hydrogens (tertiary/aromatic N) is 3. The van der Waals surface area contributed by atoms with E-state index in [1.165, 1.54) is 10.7 Å². The number of rotatable bonds is 4. The molecular weight excluding hydrogens is 425 g/mol. The zero-order valence-corrected chi connectivity index (χ0v) is 16.4. The molecule has 2 N–H and O–H groups in total. The van der Waals surface area contributed by atoms with Crippen LogP contribution in [0, 0.1) is 0 Å². The predicted molar refractivity (Wildman–Crippen MR) is 108 cm³/mol. The van der Waals surface area contributed by atoms with Crippen LogP contribution >= 0.6 is 34.8 Å². The number of anilines is 2. The number of amides is 2. The number of aromatic nitrogens is 3. The van der Waals surface area contributed by atoms with E-state index in [1.807, 2.05) is 0 Å². The third-order valence-electron chi connectivity index (χ3n) is 4.15. The summed E-state index contributed by atoms with van der Waals surface area (Å²) >= 11 is 17.7. The van der Waals surface area contributed by atoms with Gasteiger partial charge in [-0.1, -0.05) is 34.8 Å². The summed E-state index contributed by atoms with van der Waals surface area (Å²) in [7, 11) is 0. The van der Waals surface area contributed by atoms with Gasteiger partial charge in [-0.3, -0.25) is 14.9 Å². The van der Waals surface area contributed by atoms with Crippen molar-refractivity contribution in [3.63, 3.8) is 0 Å². The van der Waals surface area contributed by atoms with Crippen molar-refractivity contribution in [3.8, 4) is 11.4 Å². The Labute approximate surface area is 174 Å². The monoisotopic (exact) mass is 435 g/mol. The van der Waals surface area contributed by atoms with Gasteiger partial charge >= 0.3 is 0 Å². The van der Waals surface area contributed by atoms with E-state index in [4.69, 9.17) is 34.8 Å². The highest BCUT2D eigenvalue weighted by atomic mass is 35.5. The molecule has 0 unspecified atom stereocenters. The van der Waals surface area contributed by atoms with Crippen LogP contribution in [0.2, 0.25) is 15.1 Å². The topological polar surface area (TPSA) is 88.9 Å². The van der Waals surface area contributed by atoms with Gasteiger partial charge in [-0.25, -0.2) is 4.68 Å². The smallest absolute Gasteiger partial charge is 0.252 e. The Balaban J connectivity index is 1.51. The average Bonchev–Trinajstić information content (AvgIpc) is 3.18. The van der Waals surface area contributed by atoms with E-state index in [2.05, 4.69) is 20.7 Å². The molecule has 4 rings (SSSR count). The Kier molecular flexibility index (Phi) is 4.97. The lowest BCUT2D eigenvalue weighted by Crippen LogP contribution is -2.23. The summed E-state index contributed by atoms with van der Waals surface area (Å²) in [5, 5.41) is 11.0. The third-order valence-corrected chi connectivity index (χ3v) is 5.14. The highest BCUT2D eigenvalue weighted by molar-refractivity contribution is 6.42. The number of carbonyl (C=O) groups is 2. The summed E-state index contributed by atoms with van der Waals surface area (Å²) in [6, 6.07) is 11.0. The van der Waals surface area contributed by atoms with Gasteiger partial charge in [-0.2, -0.15) is 4.98 Å². The number of nitrogens with one attached hydrogen (secondary N) is 2. The van der Waals surface area contributed by atoms with Gasteiger partial charge in [-0.05, 0) is 42.5 Å². The molecule has 0 saturated carbocycles. The molecular formula is C18H12Cl3N5O2. The van der Waals surface area contributed by atoms with Crippen LogP contribution in [0.5, 0.6) is 0 Å². The van der Waals surface area contributed by atoms with Crippen LogP contribution in [0.25, 0.3) is 11.4 Å². The van der Waals surface area contributed by atoms with Gasteiger partial charge in [0.05, 0.1) is 16.5 Å². The lowest BCUT2D eigenvalue weighted by molar-refractivity contribution is -0.123. The van der Waals surface area contributed by atoms with Crippen LogP contribution in [-0.2, 0) is 9.59 Å². The van der Waals surface area contributed by atoms with Gasteiger partial charge in [0, 0.05) is 16.3 Å². The first-order valence-corrected chi connectivity index (χ1v) is 9.32. The summed E-state index contributed by atoms with van der Waals surface area (Å²) in [6.07, 6.45) is -0.109. The summed E-state index contributed by atoms with van der Waals surface area (Å²) in [5.74, 6) is 0.0146. The normalized spacial score (nSPS) is 15.2. The Bertz CT molecular complexity index is 1080. The van der Waals surface area contributed by atoms with Gasteiger partial charge in [0.2, 0.25) is 11.9 Å². The van der Waals surface area contributed by atoms with E-state index in [0.29, 0.717) is 32.5 Å². The van der Waals surface area contributed by atoms with Crippen molar-refractivity contribution in [1.29, 1.82) is 0 Å². The number of hydrogen-bond acceptors (Lipinski definition) is 4. The van der Waals surface area contributed by atoms with Crippen LogP contribution in [0.3, 0.4) is 0 Å². The quantitative estimate of drug-likeness (QED) is 0.633. The van der Waals surface area contributed by atoms with Gasteiger partial charge < -0.3 is 5.32 Å². The molecule has 1 aliphatic heterocycles. The van der Waals surface area contributed by atoms with Crippen LogP contribution in [-0.4, -0.2) is 26.6 Å². The Morgan fingerprint density at radius 3 is 2.57 bits per heavy atom. The first-order chi connectivity index (χ1) is 13.4. The molecule has 0 fully saturated rings. The number of carbonyl (C=O) groups excluding carboxylic acids is 2. The van der Waals surface area contributed by atoms with Crippen molar-refractivity contribution in [2.45, 2.75) is 12.5 Å². The highest BCUT2D eigenvalue weighted by Crippen LogP contribution is 2.29. The number of benzene rings is 2. The predicted octanol–water partition coefficient (Wildman–Crippen LogP) is 4.43. The summed E-state index contributed by atoms with van der Waals surface area (Å²) in [4.78, 5) is 28.9. The number of hydrogen-bond donors (Lipinski definition) is 2. The fraction of sp³-hybridized carbons (Fsp3) is 0.111. The molecule has 28 heavy (non-hydrogen) atoms. The fourth-order valence-corrected chi connectivity index (χ4v) is 3.22. The maximum absolute atomic E-state index is 12.4. The van der Waals surface area contributed by atoms with Crippen LogP contribution in [0.15, 0.2) is 42.5 Å². The zero-order valence-electron chi connectivity index (χ0n) is 14.1. The molecule has 2 amide bonds. The summed E-state index contributed by atoms with van der Waals surface area (Å²) in [5.41, 5.74) is 1.23. The van der Waals surface area contributed by atoms with Crippen molar-refractivity contribution in [3.05, 3.63) is 57.5 Å². The van der Waals surface area contributed by atoms with Crippen molar-refractivity contribution >= 4 is 58.3 Å². The maximum Gasteiger partial charge on any atom is 0.252 e. The fourth-order valence-electron chi connectivity index (χ4n) is 2.79. The molecule has 2 aromatic carbocycles. The minimum absolute atomic E-state index is 0.109. The standard InChI is InChI=1S/C18H12Cl3N5O2/c19-10-3-1-9(2-4-10)16-23-18-24-17(28)14(26(18)25-16)8-15(27)22-11-5-6-12(20)13(21)7-11/h1-7,14H,8H2,(H,22,27)(H,23,24,25,28)/t14-/m0/s1. The van der Waals surface area contributed by atoms with Gasteiger partial charge in [0.15, 0.2) is 5.82 Å². The molecule has 1 aliphatic rings. The zero-order chi connectivity index (χ0) is 19.8. The van der Waals surface area contributed by atoms with Crippen molar-refractivity contribution < 1.29 is 9.59 Å². The molecule has 0 spiro atoms. The lowest BCUT2D eigenvalue weighted by Gasteiger charge is -2.10. The minimum atomic E-state index is -0.800. The highest BCUT2D eigenvalue weighted by Gasteiger charge is 2.35. The number of halogens is 3. The molecule has 2 heterocycles. The van der Waals surface area contributed by atoms with Crippen LogP contribution in [0.4, 0.5) is 11.6 Å². The Hall–Kier alpha value is -2.61. The van der Waals surface area contributed by atoms with Crippen LogP contribution in [0.1, 0.15) is 12.5 Å². The summed E-state index contributed by atoms with van der Waals surface area (Å²) < 4.78 is 1.42. The molecule has 1 atom stereocenters. The molecule has 7 nitrogen and oxygen atoms in total. The van der Waals surface area contributed by atoms with Crippen molar-refractivity contribution in [2.24, 2.45) is 0 Å². The van der Waals surface area contributed by atoms with Crippen molar-refractivity contribution in [1.82, 2.24) is 14.8 Å². The van der Waals surface area contributed by atoms with Crippen molar-refractivity contribution in [2.75, 3.05) is 10.6 Å². The molecule has 1 aromatic heterocycles. The lowest BCUT2D eigenvalue weighted by atomic mass is 10.2. The molecule has 10 heteroatoms. The average molecular weight is 437 g/mol. The van der Waals surface area contributed by atoms with E-state index in [1.54, 1.807) is 36.4 Å². The van der Waals surface area contributed by atoms with E-state index in [9.17, 15) is 9.59 Å². The SMILES string of the molecule is O=C(C[C@H]1C(=O)Nc2nc(-c3ccc(Cl)cc3)nn21)Nc1ccc(Cl)c(Cl)c1. The second-order valence-electron chi connectivity index (χ2n) is 6.10. The van der Waals surface area contributed by atoms with E-state index < -0.39 is 6.04 Å². The largest absolute Gasteiger partial charge is 0.326 e. The first-order valence-electron chi connectivity index (χ1n) is 8.19. The Morgan fingerprint density at radius 2 is 1.86 bits per heavy atom. The first kappa shape index (κ1) is 18.7.